The molecule has 2 aliphatic heterocycles. The number of aliphatic imine (C=N–C) groups is 2. The molecule has 0 aliphatic carbocycles. The van der Waals surface area contributed by atoms with Crippen molar-refractivity contribution in [2.45, 2.75) is 25.4 Å². The van der Waals surface area contributed by atoms with E-state index in [9.17, 15) is 4.79 Å². The van der Waals surface area contributed by atoms with Gasteiger partial charge < -0.3 is 10.2 Å². The zero-order valence-corrected chi connectivity index (χ0v) is 17.0. The van der Waals surface area contributed by atoms with Gasteiger partial charge in [-0.3, -0.25) is 4.99 Å². The molecule has 1 saturated heterocycles. The van der Waals surface area contributed by atoms with Gasteiger partial charge in [-0.25, -0.2) is 9.79 Å². The van der Waals surface area contributed by atoms with Gasteiger partial charge >= 0.3 is 6.03 Å². The Kier molecular flexibility index (Phi) is 5.22. The molecule has 4 rings (SSSR count). The highest BCUT2D eigenvalue weighted by atomic mass is 32.2. The van der Waals surface area contributed by atoms with Gasteiger partial charge in [-0.1, -0.05) is 48.0 Å². The fourth-order valence-electron chi connectivity index (χ4n) is 3.58. The zero-order valence-electron chi connectivity index (χ0n) is 16.2. The minimum Gasteiger partial charge on any atom is -0.324 e. The van der Waals surface area contributed by atoms with Crippen LogP contribution in [-0.4, -0.2) is 46.7 Å². The number of amides is 2. The molecule has 0 atom stereocenters. The largest absolute Gasteiger partial charge is 0.324 e. The molecule has 2 amide bonds. The number of thioether (sulfide) groups is 1. The molecule has 1 fully saturated rings. The first-order valence-electron chi connectivity index (χ1n) is 9.51. The summed E-state index contributed by atoms with van der Waals surface area (Å²) < 4.78 is 0. The SMILES string of the molecule is CSC1=NC2(CCN(C(=O)Nc3ccccc3)CC2)N=C1c1ccc(C)cc1. The Bertz CT molecular complexity index is 913. The third-order valence-corrected chi connectivity index (χ3v) is 5.90. The summed E-state index contributed by atoms with van der Waals surface area (Å²) in [6.45, 7) is 3.38. The number of aryl methyl sites for hydroxylation is 1. The van der Waals surface area contributed by atoms with Crippen LogP contribution in [0.1, 0.15) is 24.0 Å². The van der Waals surface area contributed by atoms with Crippen molar-refractivity contribution in [1.29, 1.82) is 0 Å². The third-order valence-electron chi connectivity index (χ3n) is 5.23. The van der Waals surface area contributed by atoms with Gasteiger partial charge in [-0.2, -0.15) is 0 Å². The lowest BCUT2D eigenvalue weighted by molar-refractivity contribution is 0.175. The average Bonchev–Trinajstić information content (AvgIpc) is 3.08. The number of rotatable bonds is 2. The molecule has 2 heterocycles. The minimum absolute atomic E-state index is 0.0594. The van der Waals surface area contributed by atoms with Gasteiger partial charge in [-0.15, -0.1) is 11.8 Å². The lowest BCUT2D eigenvalue weighted by atomic mass is 9.98. The van der Waals surface area contributed by atoms with Crippen LogP contribution in [0.15, 0.2) is 64.6 Å². The van der Waals surface area contributed by atoms with Crippen molar-refractivity contribution in [2.75, 3.05) is 24.7 Å². The van der Waals surface area contributed by atoms with Crippen LogP contribution in [0.5, 0.6) is 0 Å². The molecule has 144 valence electrons. The second-order valence-corrected chi connectivity index (χ2v) is 8.01. The molecule has 0 bridgehead atoms. The summed E-state index contributed by atoms with van der Waals surface area (Å²) in [5.41, 5.74) is 3.71. The molecule has 5 nitrogen and oxygen atoms in total. The van der Waals surface area contributed by atoms with Gasteiger partial charge in [0.15, 0.2) is 5.66 Å². The predicted molar refractivity (Wildman–Crippen MR) is 118 cm³/mol. The van der Waals surface area contributed by atoms with Crippen LogP contribution in [0.4, 0.5) is 10.5 Å². The van der Waals surface area contributed by atoms with E-state index in [1.165, 1.54) is 5.56 Å². The fourth-order valence-corrected chi connectivity index (χ4v) is 4.20. The molecule has 0 unspecified atom stereocenters. The quantitative estimate of drug-likeness (QED) is 0.813. The van der Waals surface area contributed by atoms with Crippen molar-refractivity contribution in [3.8, 4) is 0 Å². The lowest BCUT2D eigenvalue weighted by Gasteiger charge is -2.35. The van der Waals surface area contributed by atoms with Crippen molar-refractivity contribution in [2.24, 2.45) is 9.98 Å². The normalized spacial score (nSPS) is 18.0. The van der Waals surface area contributed by atoms with Crippen molar-refractivity contribution in [1.82, 2.24) is 4.90 Å². The molecule has 2 aromatic carbocycles. The van der Waals surface area contributed by atoms with Gasteiger partial charge in [0, 0.05) is 37.2 Å². The van der Waals surface area contributed by atoms with Crippen molar-refractivity contribution >= 4 is 34.2 Å². The number of carbonyl (C=O) groups is 1. The topological polar surface area (TPSA) is 57.1 Å². The fraction of sp³-hybridized carbons (Fsp3) is 0.318. The standard InChI is InChI=1S/C22H24N4OS/c1-16-8-10-17(11-9-16)19-20(28-2)25-22(24-19)12-14-26(15-13-22)21(27)23-18-6-4-3-5-7-18/h3-11H,12-15H2,1-2H3,(H,23,27). The highest BCUT2D eigenvalue weighted by Gasteiger charge is 2.40. The van der Waals surface area contributed by atoms with Crippen molar-refractivity contribution in [3.05, 3.63) is 65.7 Å². The molecule has 0 aromatic heterocycles. The summed E-state index contributed by atoms with van der Waals surface area (Å²) in [4.78, 5) is 24.4. The number of anilines is 1. The molecule has 2 aromatic rings. The van der Waals surface area contributed by atoms with Gasteiger partial charge in [0.05, 0.1) is 5.71 Å². The molecule has 6 heteroatoms. The lowest BCUT2D eigenvalue weighted by Crippen LogP contribution is -2.46. The van der Waals surface area contributed by atoms with E-state index in [1.54, 1.807) is 11.8 Å². The average molecular weight is 393 g/mol. The number of likely N-dealkylation sites (tertiary alicyclic amines) is 1. The zero-order chi connectivity index (χ0) is 19.6. The van der Waals surface area contributed by atoms with Gasteiger partial charge in [0.1, 0.15) is 5.04 Å². The third kappa shape index (κ3) is 3.83. The Morgan fingerprint density at radius 1 is 1.04 bits per heavy atom. The monoisotopic (exact) mass is 392 g/mol. The van der Waals surface area contributed by atoms with E-state index in [1.807, 2.05) is 41.5 Å². The Morgan fingerprint density at radius 3 is 2.36 bits per heavy atom. The molecular weight excluding hydrogens is 368 g/mol. The number of urea groups is 1. The van der Waals surface area contributed by atoms with E-state index >= 15 is 0 Å². The molecule has 0 radical (unpaired) electrons. The van der Waals surface area contributed by atoms with Gasteiger partial charge in [-0.05, 0) is 25.3 Å². The van der Waals surface area contributed by atoms with E-state index in [-0.39, 0.29) is 6.03 Å². The number of carbonyl (C=O) groups excluding carboxylic acids is 1. The smallest absolute Gasteiger partial charge is 0.321 e. The molecule has 1 N–H and O–H groups in total. The van der Waals surface area contributed by atoms with Crippen LogP contribution >= 0.6 is 11.8 Å². The molecule has 1 spiro atoms. The first-order valence-corrected chi connectivity index (χ1v) is 10.7. The molecule has 2 aliphatic rings. The summed E-state index contributed by atoms with van der Waals surface area (Å²) in [7, 11) is 0. The van der Waals surface area contributed by atoms with Crippen LogP contribution in [0.2, 0.25) is 0 Å². The number of piperidine rings is 1. The number of hydrogen-bond donors (Lipinski definition) is 1. The van der Waals surface area contributed by atoms with E-state index in [0.29, 0.717) is 13.1 Å². The molecular formula is C22H24N4OS. The van der Waals surface area contributed by atoms with Crippen LogP contribution in [0.25, 0.3) is 0 Å². The van der Waals surface area contributed by atoms with Crippen LogP contribution in [0.3, 0.4) is 0 Å². The van der Waals surface area contributed by atoms with Crippen LogP contribution in [-0.2, 0) is 0 Å². The maximum absolute atomic E-state index is 12.5. The maximum Gasteiger partial charge on any atom is 0.321 e. The first-order chi connectivity index (χ1) is 13.6. The van der Waals surface area contributed by atoms with Crippen LogP contribution < -0.4 is 5.32 Å². The number of hydrogen-bond acceptors (Lipinski definition) is 4. The minimum atomic E-state index is -0.428. The van der Waals surface area contributed by atoms with E-state index in [2.05, 4.69) is 36.5 Å². The Labute approximate surface area is 170 Å². The van der Waals surface area contributed by atoms with E-state index in [0.717, 1.165) is 34.8 Å². The summed E-state index contributed by atoms with van der Waals surface area (Å²) in [5, 5.41) is 3.95. The Hall–Kier alpha value is -2.60. The summed E-state index contributed by atoms with van der Waals surface area (Å²) >= 11 is 1.64. The Balaban J connectivity index is 1.46. The maximum atomic E-state index is 12.5. The van der Waals surface area contributed by atoms with Gasteiger partial charge in [0.2, 0.25) is 0 Å². The number of nitrogens with one attached hydrogen (secondary N) is 1. The second-order valence-electron chi connectivity index (χ2n) is 7.21. The molecule has 28 heavy (non-hydrogen) atoms. The number of nitrogens with zero attached hydrogens (tertiary/aromatic N) is 3. The van der Waals surface area contributed by atoms with Crippen LogP contribution in [0, 0.1) is 6.92 Å². The van der Waals surface area contributed by atoms with Gasteiger partial charge in [0.25, 0.3) is 0 Å². The summed E-state index contributed by atoms with van der Waals surface area (Å²) in [6, 6.07) is 17.9. The number of benzene rings is 2. The van der Waals surface area contributed by atoms with E-state index < -0.39 is 5.66 Å². The van der Waals surface area contributed by atoms with Crippen molar-refractivity contribution in [3.63, 3.8) is 0 Å². The summed E-state index contributed by atoms with van der Waals surface area (Å²) in [5.74, 6) is 0. The Morgan fingerprint density at radius 2 is 1.71 bits per heavy atom. The summed E-state index contributed by atoms with van der Waals surface area (Å²) in [6.07, 6.45) is 3.53. The molecule has 0 saturated carbocycles. The predicted octanol–water partition coefficient (Wildman–Crippen LogP) is 4.58. The first kappa shape index (κ1) is 18.7. The second kappa shape index (κ2) is 7.80. The number of para-hydroxylation sites is 1. The van der Waals surface area contributed by atoms with Crippen molar-refractivity contribution < 1.29 is 4.79 Å². The highest BCUT2D eigenvalue weighted by molar-refractivity contribution is 8.15. The highest BCUT2D eigenvalue weighted by Crippen LogP contribution is 2.35. The van der Waals surface area contributed by atoms with E-state index in [4.69, 9.17) is 9.98 Å².